The van der Waals surface area contributed by atoms with Crippen LogP contribution in [0.15, 0.2) is 30.3 Å². The minimum Gasteiger partial charge on any atom is -0.441 e. The Morgan fingerprint density at radius 2 is 1.76 bits per heavy atom. The maximum Gasteiger partial charge on any atom is 0.411 e. The first-order valence-corrected chi connectivity index (χ1v) is 7.81. The number of nitrogens with zero attached hydrogens (tertiary/aromatic N) is 1. The molecular weight excluding hydrogens is 264 g/mol. The molecule has 1 aromatic rings. The first-order chi connectivity index (χ1) is 9.99. The molecule has 1 saturated heterocycles. The highest BCUT2D eigenvalue weighted by Crippen LogP contribution is 2.44. The van der Waals surface area contributed by atoms with Gasteiger partial charge in [-0.15, -0.1) is 0 Å². The molecule has 0 aromatic heterocycles. The van der Waals surface area contributed by atoms with Crippen LogP contribution in [0.25, 0.3) is 0 Å². The van der Waals surface area contributed by atoms with E-state index in [2.05, 4.69) is 12.1 Å². The van der Waals surface area contributed by atoms with Crippen molar-refractivity contribution in [3.05, 3.63) is 35.9 Å². The van der Waals surface area contributed by atoms with Crippen molar-refractivity contribution in [2.45, 2.75) is 63.3 Å². The summed E-state index contributed by atoms with van der Waals surface area (Å²) >= 11 is 0. The quantitative estimate of drug-likeness (QED) is 0.909. The molecule has 0 unspecified atom stereocenters. The first kappa shape index (κ1) is 14.4. The van der Waals surface area contributed by atoms with Crippen LogP contribution in [0.4, 0.5) is 4.79 Å². The summed E-state index contributed by atoms with van der Waals surface area (Å²) in [4.78, 5) is 14.4. The van der Waals surface area contributed by atoms with Gasteiger partial charge in [0.2, 0.25) is 0 Å². The van der Waals surface area contributed by atoms with Gasteiger partial charge in [-0.05, 0) is 45.1 Å². The maximum absolute atomic E-state index is 12.4. The number of cyclic esters (lactones) is 1. The lowest BCUT2D eigenvalue weighted by atomic mass is 9.86. The minimum absolute atomic E-state index is 0.0227. The Morgan fingerprint density at radius 3 is 2.38 bits per heavy atom. The second-order valence-corrected chi connectivity index (χ2v) is 6.76. The van der Waals surface area contributed by atoms with Gasteiger partial charge in [-0.25, -0.2) is 4.79 Å². The molecule has 21 heavy (non-hydrogen) atoms. The van der Waals surface area contributed by atoms with E-state index in [1.165, 1.54) is 0 Å². The SMILES string of the molecule is CC1(C)OC(=O)N([C@H]2CC[C@H](N)CC2)[C@H]1c1ccccc1. The fourth-order valence-corrected chi connectivity index (χ4v) is 3.71. The maximum atomic E-state index is 12.4. The average Bonchev–Trinajstić information content (AvgIpc) is 2.70. The van der Waals surface area contributed by atoms with Crippen molar-refractivity contribution in [3.63, 3.8) is 0 Å². The second kappa shape index (κ2) is 5.34. The molecule has 2 fully saturated rings. The third-order valence-electron chi connectivity index (χ3n) is 4.75. The molecule has 1 heterocycles. The van der Waals surface area contributed by atoms with Crippen LogP contribution in [0, 0.1) is 0 Å². The highest BCUT2D eigenvalue weighted by Gasteiger charge is 2.51. The standard InChI is InChI=1S/C17H24N2O2/c1-17(2)15(12-6-4-3-5-7-12)19(16(20)21-17)14-10-8-13(18)9-11-14/h3-7,13-15H,8-11,18H2,1-2H3/t13-,14-,15-/m0/s1. The van der Waals surface area contributed by atoms with Gasteiger partial charge in [0, 0.05) is 12.1 Å². The summed E-state index contributed by atoms with van der Waals surface area (Å²) < 4.78 is 5.66. The summed E-state index contributed by atoms with van der Waals surface area (Å²) in [5.41, 5.74) is 6.63. The van der Waals surface area contributed by atoms with Crippen molar-refractivity contribution in [2.24, 2.45) is 5.73 Å². The molecule has 0 bridgehead atoms. The molecule has 114 valence electrons. The Kier molecular flexibility index (Phi) is 3.66. The third kappa shape index (κ3) is 2.64. The molecule has 4 heteroatoms. The van der Waals surface area contributed by atoms with Gasteiger partial charge in [-0.3, -0.25) is 4.90 Å². The molecule has 3 rings (SSSR count). The second-order valence-electron chi connectivity index (χ2n) is 6.76. The molecule has 1 atom stereocenters. The lowest BCUT2D eigenvalue weighted by Crippen LogP contribution is -2.44. The fourth-order valence-electron chi connectivity index (χ4n) is 3.71. The Labute approximate surface area is 126 Å². The van der Waals surface area contributed by atoms with Crippen LogP contribution in [0.5, 0.6) is 0 Å². The van der Waals surface area contributed by atoms with E-state index >= 15 is 0 Å². The molecule has 1 aliphatic heterocycles. The van der Waals surface area contributed by atoms with Crippen molar-refractivity contribution < 1.29 is 9.53 Å². The van der Waals surface area contributed by atoms with Crippen molar-refractivity contribution in [1.29, 1.82) is 0 Å². The number of ether oxygens (including phenoxy) is 1. The number of amides is 1. The highest BCUT2D eigenvalue weighted by molar-refractivity contribution is 5.72. The van der Waals surface area contributed by atoms with Crippen LogP contribution >= 0.6 is 0 Å². The predicted molar refractivity (Wildman–Crippen MR) is 81.8 cm³/mol. The Hall–Kier alpha value is -1.55. The van der Waals surface area contributed by atoms with E-state index in [-0.39, 0.29) is 24.2 Å². The smallest absolute Gasteiger partial charge is 0.411 e. The van der Waals surface area contributed by atoms with Crippen LogP contribution in [0.2, 0.25) is 0 Å². The Morgan fingerprint density at radius 1 is 1.14 bits per heavy atom. The normalized spacial score (nSPS) is 32.0. The molecule has 1 aliphatic carbocycles. The zero-order chi connectivity index (χ0) is 15.0. The topological polar surface area (TPSA) is 55.6 Å². The lowest BCUT2D eigenvalue weighted by Gasteiger charge is -2.37. The molecule has 0 radical (unpaired) electrons. The van der Waals surface area contributed by atoms with Gasteiger partial charge in [0.1, 0.15) is 5.60 Å². The van der Waals surface area contributed by atoms with Crippen LogP contribution in [-0.4, -0.2) is 28.7 Å². The van der Waals surface area contributed by atoms with Gasteiger partial charge in [-0.1, -0.05) is 30.3 Å². The number of nitrogens with two attached hydrogens (primary N) is 1. The van der Waals surface area contributed by atoms with E-state index in [0.29, 0.717) is 0 Å². The first-order valence-electron chi connectivity index (χ1n) is 7.81. The van der Waals surface area contributed by atoms with Crippen LogP contribution in [0.1, 0.15) is 51.1 Å². The molecule has 2 aliphatic rings. The molecule has 1 saturated carbocycles. The number of carbonyl (C=O) groups is 1. The number of rotatable bonds is 2. The van der Waals surface area contributed by atoms with E-state index in [0.717, 1.165) is 31.2 Å². The van der Waals surface area contributed by atoms with Crippen molar-refractivity contribution in [2.75, 3.05) is 0 Å². The molecular formula is C17H24N2O2. The van der Waals surface area contributed by atoms with Gasteiger partial charge in [0.25, 0.3) is 0 Å². The van der Waals surface area contributed by atoms with E-state index in [1.807, 2.05) is 36.9 Å². The van der Waals surface area contributed by atoms with Gasteiger partial charge >= 0.3 is 6.09 Å². The van der Waals surface area contributed by atoms with Gasteiger partial charge in [0.15, 0.2) is 0 Å². The highest BCUT2D eigenvalue weighted by atomic mass is 16.6. The molecule has 1 aromatic carbocycles. The summed E-state index contributed by atoms with van der Waals surface area (Å²) in [6.45, 7) is 3.99. The van der Waals surface area contributed by atoms with Gasteiger partial charge < -0.3 is 10.5 Å². The summed E-state index contributed by atoms with van der Waals surface area (Å²) in [5.74, 6) is 0. The summed E-state index contributed by atoms with van der Waals surface area (Å²) in [6, 6.07) is 10.7. The number of hydrogen-bond donors (Lipinski definition) is 1. The van der Waals surface area contributed by atoms with E-state index in [4.69, 9.17) is 10.5 Å². The van der Waals surface area contributed by atoms with E-state index in [9.17, 15) is 4.79 Å². The van der Waals surface area contributed by atoms with Gasteiger partial charge in [0.05, 0.1) is 6.04 Å². The van der Waals surface area contributed by atoms with Crippen molar-refractivity contribution in [3.8, 4) is 0 Å². The predicted octanol–water partition coefficient (Wildman–Crippen LogP) is 3.23. The number of hydrogen-bond acceptors (Lipinski definition) is 3. The molecule has 2 N–H and O–H groups in total. The van der Waals surface area contributed by atoms with Crippen LogP contribution in [-0.2, 0) is 4.74 Å². The van der Waals surface area contributed by atoms with E-state index in [1.54, 1.807) is 0 Å². The van der Waals surface area contributed by atoms with E-state index < -0.39 is 5.60 Å². The van der Waals surface area contributed by atoms with Crippen LogP contribution < -0.4 is 5.73 Å². The molecule has 1 amide bonds. The van der Waals surface area contributed by atoms with Crippen molar-refractivity contribution >= 4 is 6.09 Å². The monoisotopic (exact) mass is 288 g/mol. The number of benzene rings is 1. The Balaban J connectivity index is 1.91. The zero-order valence-electron chi connectivity index (χ0n) is 12.8. The lowest BCUT2D eigenvalue weighted by molar-refractivity contribution is 0.0664. The van der Waals surface area contributed by atoms with Gasteiger partial charge in [-0.2, -0.15) is 0 Å². The van der Waals surface area contributed by atoms with Crippen molar-refractivity contribution in [1.82, 2.24) is 4.90 Å². The Bertz CT molecular complexity index is 507. The summed E-state index contributed by atoms with van der Waals surface area (Å²) in [6.07, 6.45) is 3.72. The molecule has 4 nitrogen and oxygen atoms in total. The fraction of sp³-hybridized carbons (Fsp3) is 0.588. The summed E-state index contributed by atoms with van der Waals surface area (Å²) in [5, 5.41) is 0. The molecule has 0 spiro atoms. The third-order valence-corrected chi connectivity index (χ3v) is 4.75. The van der Waals surface area contributed by atoms with Crippen LogP contribution in [0.3, 0.4) is 0 Å². The largest absolute Gasteiger partial charge is 0.441 e. The average molecular weight is 288 g/mol. The number of carbonyl (C=O) groups excluding carboxylic acids is 1. The zero-order valence-corrected chi connectivity index (χ0v) is 12.8. The minimum atomic E-state index is -0.502. The summed E-state index contributed by atoms with van der Waals surface area (Å²) in [7, 11) is 0.